The summed E-state index contributed by atoms with van der Waals surface area (Å²) < 4.78 is 13.5. The third kappa shape index (κ3) is 2.59. The van der Waals surface area contributed by atoms with E-state index in [1.54, 1.807) is 6.07 Å². The highest BCUT2D eigenvalue weighted by atomic mass is 19.1. The number of hydrogen-bond donors (Lipinski definition) is 3. The number of nitrogen functional groups attached to an aromatic ring is 1. The van der Waals surface area contributed by atoms with Crippen molar-refractivity contribution in [2.45, 2.75) is 6.04 Å². The number of rotatable bonds is 3. The van der Waals surface area contributed by atoms with Gasteiger partial charge in [0.15, 0.2) is 0 Å². The zero-order chi connectivity index (χ0) is 14.8. The van der Waals surface area contributed by atoms with E-state index in [0.717, 1.165) is 16.3 Å². The molecule has 0 fully saturated rings. The Morgan fingerprint density at radius 3 is 2.43 bits per heavy atom. The van der Waals surface area contributed by atoms with Crippen molar-refractivity contribution in [3.8, 4) is 0 Å². The SMILES string of the molecule is NNC(c1ccc2ccccc2c1)c1cc(F)ccc1N. The van der Waals surface area contributed by atoms with Crippen molar-refractivity contribution < 1.29 is 4.39 Å². The van der Waals surface area contributed by atoms with Gasteiger partial charge in [-0.2, -0.15) is 0 Å². The Morgan fingerprint density at radius 1 is 0.905 bits per heavy atom. The van der Waals surface area contributed by atoms with E-state index in [4.69, 9.17) is 11.6 Å². The second kappa shape index (κ2) is 5.52. The van der Waals surface area contributed by atoms with E-state index in [1.807, 2.05) is 42.5 Å². The zero-order valence-corrected chi connectivity index (χ0v) is 11.4. The molecular weight excluding hydrogens is 265 g/mol. The van der Waals surface area contributed by atoms with E-state index in [0.29, 0.717) is 11.3 Å². The lowest BCUT2D eigenvalue weighted by Crippen LogP contribution is -2.29. The largest absolute Gasteiger partial charge is 0.398 e. The molecule has 106 valence electrons. The Bertz CT molecular complexity index is 786. The van der Waals surface area contributed by atoms with E-state index >= 15 is 0 Å². The van der Waals surface area contributed by atoms with Gasteiger partial charge in [0.25, 0.3) is 0 Å². The van der Waals surface area contributed by atoms with Crippen molar-refractivity contribution in [3.05, 3.63) is 77.6 Å². The maximum atomic E-state index is 13.5. The van der Waals surface area contributed by atoms with Crippen LogP contribution in [0.4, 0.5) is 10.1 Å². The number of nitrogens with one attached hydrogen (secondary N) is 1. The van der Waals surface area contributed by atoms with E-state index in [2.05, 4.69) is 5.43 Å². The van der Waals surface area contributed by atoms with Crippen LogP contribution < -0.4 is 17.0 Å². The summed E-state index contributed by atoms with van der Waals surface area (Å²) in [4.78, 5) is 0. The smallest absolute Gasteiger partial charge is 0.123 e. The topological polar surface area (TPSA) is 64.1 Å². The van der Waals surface area contributed by atoms with Gasteiger partial charge in [0, 0.05) is 11.3 Å². The molecule has 3 rings (SSSR count). The number of anilines is 1. The van der Waals surface area contributed by atoms with Crippen molar-refractivity contribution in [2.24, 2.45) is 5.84 Å². The van der Waals surface area contributed by atoms with Gasteiger partial charge in [-0.05, 0) is 40.6 Å². The first-order valence-corrected chi connectivity index (χ1v) is 6.69. The molecule has 0 amide bonds. The second-order valence-electron chi connectivity index (χ2n) is 4.98. The van der Waals surface area contributed by atoms with E-state index in [9.17, 15) is 4.39 Å². The van der Waals surface area contributed by atoms with Crippen LogP contribution in [0.25, 0.3) is 10.8 Å². The molecule has 0 aliphatic carbocycles. The molecule has 0 aliphatic heterocycles. The highest BCUT2D eigenvalue weighted by molar-refractivity contribution is 5.83. The fraction of sp³-hybridized carbons (Fsp3) is 0.0588. The van der Waals surface area contributed by atoms with Crippen molar-refractivity contribution in [1.82, 2.24) is 5.43 Å². The van der Waals surface area contributed by atoms with Gasteiger partial charge >= 0.3 is 0 Å². The Kier molecular flexibility index (Phi) is 3.56. The monoisotopic (exact) mass is 281 g/mol. The Hall–Kier alpha value is -2.43. The molecule has 3 aromatic rings. The van der Waals surface area contributed by atoms with Crippen molar-refractivity contribution in [2.75, 3.05) is 5.73 Å². The molecule has 0 saturated heterocycles. The summed E-state index contributed by atoms with van der Waals surface area (Å²) in [5.41, 5.74) is 10.8. The summed E-state index contributed by atoms with van der Waals surface area (Å²) in [5, 5.41) is 2.24. The van der Waals surface area contributed by atoms with Crippen LogP contribution in [0.5, 0.6) is 0 Å². The maximum absolute atomic E-state index is 13.5. The van der Waals surface area contributed by atoms with E-state index < -0.39 is 0 Å². The Balaban J connectivity index is 2.11. The van der Waals surface area contributed by atoms with E-state index in [1.165, 1.54) is 12.1 Å². The van der Waals surface area contributed by atoms with Crippen LogP contribution in [0.15, 0.2) is 60.7 Å². The third-order valence-electron chi connectivity index (χ3n) is 3.63. The minimum Gasteiger partial charge on any atom is -0.398 e. The predicted octanol–water partition coefficient (Wildman–Crippen LogP) is 3.11. The quantitative estimate of drug-likeness (QED) is 0.392. The standard InChI is InChI=1S/C17H16FN3/c18-14-7-8-16(19)15(10-14)17(21-20)13-6-5-11-3-1-2-4-12(11)9-13/h1-10,17,21H,19-20H2. The van der Waals surface area contributed by atoms with Gasteiger partial charge in [-0.15, -0.1) is 0 Å². The summed E-state index contributed by atoms with van der Waals surface area (Å²) >= 11 is 0. The minimum atomic E-state index is -0.356. The lowest BCUT2D eigenvalue weighted by molar-refractivity contribution is 0.607. The summed E-state index contributed by atoms with van der Waals surface area (Å²) in [6.07, 6.45) is 0. The Morgan fingerprint density at radius 2 is 1.67 bits per heavy atom. The lowest BCUT2D eigenvalue weighted by Gasteiger charge is -2.19. The van der Waals surface area contributed by atoms with Gasteiger partial charge in [0.1, 0.15) is 5.82 Å². The van der Waals surface area contributed by atoms with Gasteiger partial charge in [-0.1, -0.05) is 36.4 Å². The first kappa shape index (κ1) is 13.5. The van der Waals surface area contributed by atoms with Crippen LogP contribution in [0.2, 0.25) is 0 Å². The normalized spacial score (nSPS) is 12.5. The molecule has 0 bridgehead atoms. The molecular formula is C17H16FN3. The fourth-order valence-electron chi connectivity index (χ4n) is 2.55. The molecule has 3 aromatic carbocycles. The van der Waals surface area contributed by atoms with Crippen LogP contribution in [-0.4, -0.2) is 0 Å². The average Bonchev–Trinajstić information content (AvgIpc) is 2.51. The molecule has 0 radical (unpaired) electrons. The molecule has 0 heterocycles. The van der Waals surface area contributed by atoms with Gasteiger partial charge < -0.3 is 5.73 Å². The van der Waals surface area contributed by atoms with Crippen molar-refractivity contribution >= 4 is 16.5 Å². The molecule has 3 nitrogen and oxygen atoms in total. The van der Waals surface area contributed by atoms with Crippen LogP contribution in [0.1, 0.15) is 17.2 Å². The van der Waals surface area contributed by atoms with Crippen LogP contribution in [0.3, 0.4) is 0 Å². The number of fused-ring (bicyclic) bond motifs is 1. The molecule has 0 aromatic heterocycles. The van der Waals surface area contributed by atoms with Crippen LogP contribution in [0, 0.1) is 5.82 Å². The molecule has 21 heavy (non-hydrogen) atoms. The molecule has 0 aliphatic rings. The molecule has 0 saturated carbocycles. The molecule has 0 spiro atoms. The van der Waals surface area contributed by atoms with Crippen molar-refractivity contribution in [3.63, 3.8) is 0 Å². The molecule has 5 N–H and O–H groups in total. The number of hydrazine groups is 1. The van der Waals surface area contributed by atoms with Gasteiger partial charge in [0.2, 0.25) is 0 Å². The summed E-state index contributed by atoms with van der Waals surface area (Å²) in [5.74, 6) is 5.34. The number of benzene rings is 3. The summed E-state index contributed by atoms with van der Waals surface area (Å²) in [7, 11) is 0. The zero-order valence-electron chi connectivity index (χ0n) is 11.4. The average molecular weight is 281 g/mol. The minimum absolute atomic E-state index is 0.333. The molecule has 4 heteroatoms. The highest BCUT2D eigenvalue weighted by Gasteiger charge is 2.16. The van der Waals surface area contributed by atoms with Crippen LogP contribution in [-0.2, 0) is 0 Å². The van der Waals surface area contributed by atoms with Gasteiger partial charge in [-0.3, -0.25) is 5.84 Å². The van der Waals surface area contributed by atoms with E-state index in [-0.39, 0.29) is 11.9 Å². The molecule has 1 unspecified atom stereocenters. The fourth-order valence-corrected chi connectivity index (χ4v) is 2.55. The predicted molar refractivity (Wildman–Crippen MR) is 83.9 cm³/mol. The summed E-state index contributed by atoms with van der Waals surface area (Å²) in [6, 6.07) is 18.0. The number of halogens is 1. The third-order valence-corrected chi connectivity index (χ3v) is 3.63. The first-order valence-electron chi connectivity index (χ1n) is 6.69. The highest BCUT2D eigenvalue weighted by Crippen LogP contribution is 2.29. The number of hydrogen-bond acceptors (Lipinski definition) is 3. The summed E-state index contributed by atoms with van der Waals surface area (Å²) in [6.45, 7) is 0. The van der Waals surface area contributed by atoms with Crippen LogP contribution >= 0.6 is 0 Å². The Labute approximate surface area is 122 Å². The van der Waals surface area contributed by atoms with Gasteiger partial charge in [0.05, 0.1) is 6.04 Å². The lowest BCUT2D eigenvalue weighted by atomic mass is 9.95. The molecule has 1 atom stereocenters. The van der Waals surface area contributed by atoms with Gasteiger partial charge in [-0.25, -0.2) is 9.82 Å². The maximum Gasteiger partial charge on any atom is 0.123 e. The second-order valence-corrected chi connectivity index (χ2v) is 4.98. The van der Waals surface area contributed by atoms with Crippen molar-refractivity contribution in [1.29, 1.82) is 0 Å². The number of nitrogens with two attached hydrogens (primary N) is 2. The first-order chi connectivity index (χ1) is 10.2.